The molecular formula is C24H44N4O5. The Kier molecular flexibility index (Phi) is 14.8. The van der Waals surface area contributed by atoms with Crippen molar-refractivity contribution in [3.8, 4) is 0 Å². The van der Waals surface area contributed by atoms with E-state index < -0.39 is 6.29 Å². The first-order valence-corrected chi connectivity index (χ1v) is 12.5. The largest absolute Gasteiger partial charge is 0.463 e. The molecular weight excluding hydrogens is 424 g/mol. The lowest BCUT2D eigenvalue weighted by Crippen LogP contribution is -2.58. The number of carbonyl (C=O) groups is 2. The first kappa shape index (κ1) is 29.2. The highest BCUT2D eigenvalue weighted by atomic mass is 16.7. The molecule has 0 bridgehead atoms. The Labute approximate surface area is 198 Å². The summed E-state index contributed by atoms with van der Waals surface area (Å²) in [5.74, 6) is -0.445. The Morgan fingerprint density at radius 3 is 2.27 bits per heavy atom. The third-order valence-corrected chi connectivity index (χ3v) is 6.46. The summed E-state index contributed by atoms with van der Waals surface area (Å²) >= 11 is 0. The highest BCUT2D eigenvalue weighted by Crippen LogP contribution is 2.32. The molecule has 0 radical (unpaired) electrons. The number of amides is 1. The van der Waals surface area contributed by atoms with Gasteiger partial charge in [-0.3, -0.25) is 9.59 Å². The zero-order chi connectivity index (χ0) is 24.6. The maximum Gasteiger partial charge on any atom is 0.302 e. The number of nitrogens with zero attached hydrogens (tertiary/aromatic N) is 3. The Balaban J connectivity index is 2.62. The van der Waals surface area contributed by atoms with E-state index >= 15 is 0 Å². The molecule has 9 heteroatoms. The molecule has 190 valence electrons. The zero-order valence-corrected chi connectivity index (χ0v) is 21.1. The van der Waals surface area contributed by atoms with E-state index in [4.69, 9.17) is 19.7 Å². The second-order valence-corrected chi connectivity index (χ2v) is 9.25. The molecule has 0 aromatic rings. The minimum Gasteiger partial charge on any atom is -0.463 e. The summed E-state index contributed by atoms with van der Waals surface area (Å²) < 4.78 is 17.3. The molecule has 0 spiro atoms. The molecule has 33 heavy (non-hydrogen) atoms. The van der Waals surface area contributed by atoms with Gasteiger partial charge in [0.05, 0.1) is 24.8 Å². The van der Waals surface area contributed by atoms with Crippen molar-refractivity contribution >= 4 is 11.9 Å². The van der Waals surface area contributed by atoms with Gasteiger partial charge < -0.3 is 19.5 Å². The topological polar surface area (TPSA) is 123 Å². The molecule has 0 aromatic heterocycles. The summed E-state index contributed by atoms with van der Waals surface area (Å²) in [4.78, 5) is 26.0. The molecule has 9 nitrogen and oxygen atoms in total. The van der Waals surface area contributed by atoms with Crippen LogP contribution in [0.5, 0.6) is 0 Å². The Bertz CT molecular complexity index is 624. The van der Waals surface area contributed by atoms with E-state index in [2.05, 4.69) is 22.3 Å². The molecule has 0 aromatic carbocycles. The van der Waals surface area contributed by atoms with Crippen LogP contribution in [-0.2, 0) is 23.8 Å². The number of esters is 1. The molecule has 1 aliphatic heterocycles. The summed E-state index contributed by atoms with van der Waals surface area (Å²) in [6, 6.07) is -0.640. The molecule has 6 atom stereocenters. The molecule has 0 aliphatic carbocycles. The van der Waals surface area contributed by atoms with Crippen molar-refractivity contribution < 1.29 is 23.8 Å². The van der Waals surface area contributed by atoms with Gasteiger partial charge in [0.1, 0.15) is 6.61 Å². The quantitative estimate of drug-likeness (QED) is 0.109. The van der Waals surface area contributed by atoms with Crippen LogP contribution < -0.4 is 5.32 Å². The molecule has 1 aliphatic rings. The van der Waals surface area contributed by atoms with Gasteiger partial charge in [0.25, 0.3) is 0 Å². The average molecular weight is 469 g/mol. The van der Waals surface area contributed by atoms with E-state index in [0.29, 0.717) is 0 Å². The normalized spacial score (nSPS) is 25.7. The molecule has 1 rings (SSSR count). The number of ether oxygens (including phenoxy) is 3. The van der Waals surface area contributed by atoms with E-state index in [-0.39, 0.29) is 55.1 Å². The number of azide groups is 1. The van der Waals surface area contributed by atoms with Crippen LogP contribution in [-0.4, -0.2) is 49.6 Å². The minimum atomic E-state index is -0.712. The first-order chi connectivity index (χ1) is 15.8. The van der Waals surface area contributed by atoms with Crippen molar-refractivity contribution in [2.45, 2.75) is 117 Å². The summed E-state index contributed by atoms with van der Waals surface area (Å²) in [5.41, 5.74) is 8.97. The van der Waals surface area contributed by atoms with Crippen LogP contribution in [0.2, 0.25) is 0 Å². The highest BCUT2D eigenvalue weighted by Gasteiger charge is 2.43. The Hall–Kier alpha value is -1.83. The predicted octanol–water partition coefficient (Wildman–Crippen LogP) is 5.28. The van der Waals surface area contributed by atoms with E-state index in [0.717, 1.165) is 19.3 Å². The number of nitrogens with one attached hydrogen (secondary N) is 1. The SMILES string of the molecule is CCCCCCCCCCC(CO[C@@H]1OC(COC(C)=O)[C@@H](C)[C@H](C)C1NC(C)=O)N=[N+]=[N-]. The van der Waals surface area contributed by atoms with Crippen LogP contribution in [0.15, 0.2) is 5.11 Å². The van der Waals surface area contributed by atoms with Crippen LogP contribution >= 0.6 is 0 Å². The van der Waals surface area contributed by atoms with Gasteiger partial charge in [0.2, 0.25) is 5.91 Å². The summed E-state index contributed by atoms with van der Waals surface area (Å²) in [6.07, 6.45) is 9.36. The lowest BCUT2D eigenvalue weighted by Gasteiger charge is -2.44. The van der Waals surface area contributed by atoms with E-state index in [9.17, 15) is 9.59 Å². The second-order valence-electron chi connectivity index (χ2n) is 9.25. The highest BCUT2D eigenvalue weighted by molar-refractivity contribution is 5.73. The number of hydrogen-bond donors (Lipinski definition) is 1. The van der Waals surface area contributed by atoms with Crippen molar-refractivity contribution in [3.63, 3.8) is 0 Å². The van der Waals surface area contributed by atoms with Gasteiger partial charge in [0.15, 0.2) is 6.29 Å². The smallest absolute Gasteiger partial charge is 0.302 e. The van der Waals surface area contributed by atoms with Crippen molar-refractivity contribution in [2.75, 3.05) is 13.2 Å². The zero-order valence-electron chi connectivity index (χ0n) is 21.1. The van der Waals surface area contributed by atoms with Crippen LogP contribution in [0.25, 0.3) is 10.4 Å². The number of carbonyl (C=O) groups excluding carboxylic acids is 2. The fourth-order valence-electron chi connectivity index (χ4n) is 4.23. The van der Waals surface area contributed by atoms with Gasteiger partial charge in [-0.25, -0.2) is 0 Å². The van der Waals surface area contributed by atoms with Gasteiger partial charge in [-0.1, -0.05) is 77.3 Å². The molecule has 1 saturated heterocycles. The average Bonchev–Trinajstić information content (AvgIpc) is 2.76. The van der Waals surface area contributed by atoms with Crippen LogP contribution in [0.3, 0.4) is 0 Å². The summed E-state index contributed by atoms with van der Waals surface area (Å²) in [6.45, 7) is 9.42. The van der Waals surface area contributed by atoms with Gasteiger partial charge in [-0.15, -0.1) is 0 Å². The third kappa shape index (κ3) is 11.7. The third-order valence-electron chi connectivity index (χ3n) is 6.46. The molecule has 1 fully saturated rings. The van der Waals surface area contributed by atoms with Crippen molar-refractivity contribution in [2.24, 2.45) is 17.0 Å². The summed E-state index contributed by atoms with van der Waals surface area (Å²) in [7, 11) is 0. The Morgan fingerprint density at radius 2 is 1.70 bits per heavy atom. The van der Waals surface area contributed by atoms with Crippen LogP contribution in [0.4, 0.5) is 0 Å². The number of rotatable bonds is 16. The summed E-state index contributed by atoms with van der Waals surface area (Å²) in [5, 5.41) is 6.84. The monoisotopic (exact) mass is 468 g/mol. The molecule has 3 unspecified atom stereocenters. The van der Waals surface area contributed by atoms with Crippen LogP contribution in [0.1, 0.15) is 92.4 Å². The van der Waals surface area contributed by atoms with Gasteiger partial charge in [-0.2, -0.15) is 0 Å². The van der Waals surface area contributed by atoms with E-state index in [1.807, 2.05) is 13.8 Å². The Morgan fingerprint density at radius 1 is 1.06 bits per heavy atom. The second kappa shape index (κ2) is 16.7. The standard InChI is InChI=1S/C24H44N4O5/c1-6-7-8-9-10-11-12-13-14-21(27-28-25)15-32-24-23(26-19(4)29)18(3)17(2)22(33-24)16-31-20(5)30/h17-18,21-24H,6-16H2,1-5H3,(H,26,29)/t17-,18-,21?,22?,23?,24+/m0/s1. The van der Waals surface area contributed by atoms with Crippen molar-refractivity contribution in [3.05, 3.63) is 10.4 Å². The van der Waals surface area contributed by atoms with Crippen molar-refractivity contribution in [1.82, 2.24) is 5.32 Å². The molecule has 1 heterocycles. The number of unbranched alkanes of at least 4 members (excludes halogenated alkanes) is 7. The fourth-order valence-corrected chi connectivity index (χ4v) is 4.23. The maximum atomic E-state index is 11.8. The van der Waals surface area contributed by atoms with Crippen LogP contribution in [0, 0.1) is 11.8 Å². The van der Waals surface area contributed by atoms with Gasteiger partial charge in [0, 0.05) is 18.8 Å². The fraction of sp³-hybridized carbons (Fsp3) is 0.917. The number of hydrogen-bond acceptors (Lipinski definition) is 6. The van der Waals surface area contributed by atoms with Gasteiger partial charge >= 0.3 is 5.97 Å². The van der Waals surface area contributed by atoms with E-state index in [1.54, 1.807) is 0 Å². The maximum absolute atomic E-state index is 11.8. The lowest BCUT2D eigenvalue weighted by atomic mass is 9.82. The van der Waals surface area contributed by atoms with E-state index in [1.165, 1.54) is 52.4 Å². The minimum absolute atomic E-state index is 0.0406. The lowest BCUT2D eigenvalue weighted by molar-refractivity contribution is -0.245. The predicted molar refractivity (Wildman–Crippen MR) is 127 cm³/mol. The molecule has 1 amide bonds. The first-order valence-electron chi connectivity index (χ1n) is 12.5. The van der Waals surface area contributed by atoms with Crippen molar-refractivity contribution in [1.29, 1.82) is 0 Å². The van der Waals surface area contributed by atoms with Gasteiger partial charge in [-0.05, 0) is 23.8 Å². The molecule has 0 saturated carbocycles. The molecule has 1 N–H and O–H groups in total.